The van der Waals surface area contributed by atoms with Gasteiger partial charge in [0.2, 0.25) is 0 Å². The van der Waals surface area contributed by atoms with Crippen LogP contribution in [0.3, 0.4) is 0 Å². The monoisotopic (exact) mass is 304 g/mol. The maximum absolute atomic E-state index is 12.1. The summed E-state index contributed by atoms with van der Waals surface area (Å²) in [6.45, 7) is 0.452. The van der Waals surface area contributed by atoms with Crippen molar-refractivity contribution in [2.45, 2.75) is 6.54 Å². The van der Waals surface area contributed by atoms with Crippen molar-refractivity contribution in [3.05, 3.63) is 63.5 Å². The third kappa shape index (κ3) is 1.95. The summed E-state index contributed by atoms with van der Waals surface area (Å²) in [6.07, 6.45) is 6.80. The van der Waals surface area contributed by atoms with E-state index < -0.39 is 0 Å². The van der Waals surface area contributed by atoms with Crippen molar-refractivity contribution in [2.24, 2.45) is 0 Å². The van der Waals surface area contributed by atoms with Gasteiger partial charge >= 0.3 is 0 Å². The average molecular weight is 305 g/mol. The van der Waals surface area contributed by atoms with E-state index in [1.165, 1.54) is 0 Å². The second-order valence-electron chi connectivity index (χ2n) is 3.86. The Morgan fingerprint density at radius 2 is 2.11 bits per heavy atom. The highest BCUT2D eigenvalue weighted by Gasteiger charge is 2.04. The SMILES string of the molecule is O=c1c2ccnn2ccn1Cc1ccc(Br)cn1. The molecule has 0 unspecified atom stereocenters. The molecule has 0 saturated carbocycles. The summed E-state index contributed by atoms with van der Waals surface area (Å²) in [5, 5.41) is 4.02. The quantitative estimate of drug-likeness (QED) is 0.724. The molecule has 3 heterocycles. The molecule has 3 aromatic rings. The fraction of sp³-hybridized carbons (Fsp3) is 0.0833. The lowest BCUT2D eigenvalue weighted by Crippen LogP contribution is -2.22. The predicted molar refractivity (Wildman–Crippen MR) is 70.5 cm³/mol. The topological polar surface area (TPSA) is 52.2 Å². The molecule has 0 aliphatic heterocycles. The Bertz CT molecular complexity index is 745. The van der Waals surface area contributed by atoms with Gasteiger partial charge in [-0.25, -0.2) is 4.52 Å². The van der Waals surface area contributed by atoms with Gasteiger partial charge in [-0.3, -0.25) is 9.78 Å². The van der Waals surface area contributed by atoms with Crippen LogP contribution in [0, 0.1) is 0 Å². The standard InChI is InChI=1S/C12H9BrN4O/c13-9-1-2-10(14-7-9)8-16-5-6-17-11(12(16)18)3-4-15-17/h1-7H,8H2. The summed E-state index contributed by atoms with van der Waals surface area (Å²) in [7, 11) is 0. The number of halogens is 1. The van der Waals surface area contributed by atoms with E-state index in [0.717, 1.165) is 10.2 Å². The minimum atomic E-state index is -0.0697. The van der Waals surface area contributed by atoms with Crippen molar-refractivity contribution in [3.8, 4) is 0 Å². The van der Waals surface area contributed by atoms with Crippen molar-refractivity contribution in [1.82, 2.24) is 19.2 Å². The Balaban J connectivity index is 2.02. The molecule has 0 fully saturated rings. The van der Waals surface area contributed by atoms with Gasteiger partial charge in [-0.15, -0.1) is 0 Å². The van der Waals surface area contributed by atoms with E-state index in [4.69, 9.17) is 0 Å². The first kappa shape index (κ1) is 11.2. The van der Waals surface area contributed by atoms with Crippen LogP contribution in [0.4, 0.5) is 0 Å². The van der Waals surface area contributed by atoms with Crippen LogP contribution in [0.15, 0.2) is 52.3 Å². The first-order valence-corrected chi connectivity index (χ1v) is 6.16. The molecule has 90 valence electrons. The predicted octanol–water partition coefficient (Wildman–Crippen LogP) is 1.70. The highest BCUT2D eigenvalue weighted by atomic mass is 79.9. The minimum absolute atomic E-state index is 0.0697. The lowest BCUT2D eigenvalue weighted by atomic mass is 10.3. The number of aromatic nitrogens is 4. The molecular formula is C12H9BrN4O. The number of fused-ring (bicyclic) bond motifs is 1. The van der Waals surface area contributed by atoms with Gasteiger partial charge in [-0.05, 0) is 34.1 Å². The Labute approximate surface area is 111 Å². The van der Waals surface area contributed by atoms with Gasteiger partial charge in [-0.2, -0.15) is 5.10 Å². The molecule has 0 bridgehead atoms. The zero-order chi connectivity index (χ0) is 12.5. The minimum Gasteiger partial charge on any atom is -0.306 e. The van der Waals surface area contributed by atoms with Crippen molar-refractivity contribution >= 4 is 21.4 Å². The van der Waals surface area contributed by atoms with Crippen LogP contribution in [-0.2, 0) is 6.54 Å². The van der Waals surface area contributed by atoms with Gasteiger partial charge in [0.15, 0.2) is 0 Å². The summed E-state index contributed by atoms with van der Waals surface area (Å²) in [6, 6.07) is 5.50. The van der Waals surface area contributed by atoms with Gasteiger partial charge in [0.05, 0.1) is 18.4 Å². The Hall–Kier alpha value is -1.95. The lowest BCUT2D eigenvalue weighted by molar-refractivity contribution is 0.726. The smallest absolute Gasteiger partial charge is 0.276 e. The van der Waals surface area contributed by atoms with E-state index in [-0.39, 0.29) is 5.56 Å². The molecule has 0 spiro atoms. The summed E-state index contributed by atoms with van der Waals surface area (Å²) in [5.41, 5.74) is 1.33. The molecule has 0 aromatic carbocycles. The lowest BCUT2D eigenvalue weighted by Gasteiger charge is -2.05. The van der Waals surface area contributed by atoms with Crippen LogP contribution in [0.25, 0.3) is 5.52 Å². The second kappa shape index (κ2) is 4.38. The highest BCUT2D eigenvalue weighted by molar-refractivity contribution is 9.10. The fourth-order valence-electron chi connectivity index (χ4n) is 1.76. The van der Waals surface area contributed by atoms with E-state index in [9.17, 15) is 4.79 Å². The molecule has 3 aromatic heterocycles. The highest BCUT2D eigenvalue weighted by Crippen LogP contribution is 2.08. The maximum Gasteiger partial charge on any atom is 0.276 e. The summed E-state index contributed by atoms with van der Waals surface area (Å²) < 4.78 is 4.10. The van der Waals surface area contributed by atoms with E-state index in [2.05, 4.69) is 26.0 Å². The molecule has 0 N–H and O–H groups in total. The number of pyridine rings is 1. The van der Waals surface area contributed by atoms with Crippen LogP contribution in [-0.4, -0.2) is 19.2 Å². The Morgan fingerprint density at radius 1 is 1.22 bits per heavy atom. The molecular weight excluding hydrogens is 296 g/mol. The van der Waals surface area contributed by atoms with Gasteiger partial charge in [-0.1, -0.05) is 0 Å². The third-order valence-electron chi connectivity index (χ3n) is 2.66. The molecule has 6 heteroatoms. The number of hydrogen-bond donors (Lipinski definition) is 0. The largest absolute Gasteiger partial charge is 0.306 e. The molecule has 0 radical (unpaired) electrons. The first-order chi connectivity index (χ1) is 8.74. The molecule has 18 heavy (non-hydrogen) atoms. The molecule has 5 nitrogen and oxygen atoms in total. The third-order valence-corrected chi connectivity index (χ3v) is 3.13. The van der Waals surface area contributed by atoms with E-state index in [1.807, 2.05) is 12.1 Å². The zero-order valence-corrected chi connectivity index (χ0v) is 10.9. The molecule has 0 aliphatic rings. The van der Waals surface area contributed by atoms with Crippen LogP contribution in [0.5, 0.6) is 0 Å². The van der Waals surface area contributed by atoms with Gasteiger partial charge in [0.1, 0.15) is 5.52 Å². The van der Waals surface area contributed by atoms with Crippen molar-refractivity contribution in [3.63, 3.8) is 0 Å². The Morgan fingerprint density at radius 3 is 2.89 bits per heavy atom. The van der Waals surface area contributed by atoms with Crippen LogP contribution in [0.1, 0.15) is 5.69 Å². The second-order valence-corrected chi connectivity index (χ2v) is 4.78. The van der Waals surface area contributed by atoms with Gasteiger partial charge in [0.25, 0.3) is 5.56 Å². The molecule has 0 amide bonds. The fourth-order valence-corrected chi connectivity index (χ4v) is 1.99. The van der Waals surface area contributed by atoms with Crippen LogP contribution in [0.2, 0.25) is 0 Å². The molecule has 3 rings (SSSR count). The van der Waals surface area contributed by atoms with E-state index in [1.54, 1.807) is 39.9 Å². The van der Waals surface area contributed by atoms with Crippen molar-refractivity contribution < 1.29 is 0 Å². The molecule has 0 aliphatic carbocycles. The van der Waals surface area contributed by atoms with Gasteiger partial charge < -0.3 is 4.57 Å². The Kier molecular flexibility index (Phi) is 2.71. The van der Waals surface area contributed by atoms with Crippen LogP contribution >= 0.6 is 15.9 Å². The summed E-state index contributed by atoms with van der Waals surface area (Å²) >= 11 is 3.33. The van der Waals surface area contributed by atoms with Gasteiger partial charge in [0, 0.05) is 23.1 Å². The zero-order valence-electron chi connectivity index (χ0n) is 9.32. The van der Waals surface area contributed by atoms with E-state index >= 15 is 0 Å². The first-order valence-electron chi connectivity index (χ1n) is 5.37. The number of hydrogen-bond acceptors (Lipinski definition) is 3. The normalized spacial score (nSPS) is 10.9. The van der Waals surface area contributed by atoms with Crippen molar-refractivity contribution in [2.75, 3.05) is 0 Å². The number of rotatable bonds is 2. The summed E-state index contributed by atoms with van der Waals surface area (Å²) in [4.78, 5) is 16.4. The number of nitrogens with zero attached hydrogens (tertiary/aromatic N) is 4. The molecule has 0 saturated heterocycles. The summed E-state index contributed by atoms with van der Waals surface area (Å²) in [5.74, 6) is 0. The molecule has 0 atom stereocenters. The maximum atomic E-state index is 12.1. The van der Waals surface area contributed by atoms with Crippen LogP contribution < -0.4 is 5.56 Å². The van der Waals surface area contributed by atoms with E-state index in [0.29, 0.717) is 12.1 Å². The average Bonchev–Trinajstić information content (AvgIpc) is 2.84. The van der Waals surface area contributed by atoms with Crippen molar-refractivity contribution in [1.29, 1.82) is 0 Å².